The van der Waals surface area contributed by atoms with E-state index in [1.807, 2.05) is 31.0 Å². The maximum absolute atomic E-state index is 12.3. The second-order valence-corrected chi connectivity index (χ2v) is 6.65. The zero-order valence-corrected chi connectivity index (χ0v) is 12.9. The minimum Gasteiger partial charge on any atom is -0.372 e. The van der Waals surface area contributed by atoms with Crippen molar-refractivity contribution in [1.82, 2.24) is 9.62 Å². The van der Waals surface area contributed by atoms with Gasteiger partial charge in [-0.1, -0.05) is 19.1 Å². The molecule has 19 heavy (non-hydrogen) atoms. The zero-order valence-electron chi connectivity index (χ0n) is 12.0. The molecule has 0 aromatic heterocycles. The van der Waals surface area contributed by atoms with Gasteiger partial charge in [-0.2, -0.15) is 0 Å². The molecule has 0 spiro atoms. The average Bonchev–Trinajstić information content (AvgIpc) is 2.38. The molecule has 0 saturated carbocycles. The lowest BCUT2D eigenvalue weighted by Gasteiger charge is -2.23. The van der Waals surface area contributed by atoms with E-state index in [0.29, 0.717) is 4.90 Å². The van der Waals surface area contributed by atoms with Gasteiger partial charge in [0, 0.05) is 34.2 Å². The second kappa shape index (κ2) is 6.88. The molecular weight excluding hydrogens is 262 g/mol. The van der Waals surface area contributed by atoms with Crippen molar-refractivity contribution in [2.24, 2.45) is 0 Å². The minimum atomic E-state index is -3.41. The van der Waals surface area contributed by atoms with E-state index in [9.17, 15) is 8.42 Å². The van der Waals surface area contributed by atoms with Gasteiger partial charge in [0.15, 0.2) is 0 Å². The molecule has 0 saturated heterocycles. The number of nitrogens with one attached hydrogen (secondary N) is 1. The van der Waals surface area contributed by atoms with E-state index < -0.39 is 10.0 Å². The third kappa shape index (κ3) is 3.92. The molecule has 5 nitrogen and oxygen atoms in total. The Morgan fingerprint density at radius 2 is 1.79 bits per heavy atom. The van der Waals surface area contributed by atoms with Crippen molar-refractivity contribution in [1.29, 1.82) is 0 Å². The first-order valence-electron chi connectivity index (χ1n) is 6.34. The SMILES string of the molecule is CCNCCN(C)c1ccccc1S(=O)(=O)N(C)C. The number of hydrogen-bond donors (Lipinski definition) is 1. The lowest BCUT2D eigenvalue weighted by atomic mass is 10.3. The summed E-state index contributed by atoms with van der Waals surface area (Å²) >= 11 is 0. The monoisotopic (exact) mass is 285 g/mol. The van der Waals surface area contributed by atoms with Crippen molar-refractivity contribution in [3.05, 3.63) is 24.3 Å². The Morgan fingerprint density at radius 1 is 1.16 bits per heavy atom. The fourth-order valence-electron chi connectivity index (χ4n) is 1.73. The van der Waals surface area contributed by atoms with E-state index in [-0.39, 0.29) is 0 Å². The maximum Gasteiger partial charge on any atom is 0.244 e. The smallest absolute Gasteiger partial charge is 0.244 e. The molecule has 1 aromatic carbocycles. The van der Waals surface area contributed by atoms with Gasteiger partial charge in [-0.05, 0) is 18.7 Å². The third-order valence-corrected chi connectivity index (χ3v) is 4.77. The summed E-state index contributed by atoms with van der Waals surface area (Å²) in [5.41, 5.74) is 0.731. The number of hydrogen-bond acceptors (Lipinski definition) is 4. The molecule has 0 amide bonds. The van der Waals surface area contributed by atoms with Crippen LogP contribution in [-0.2, 0) is 10.0 Å². The standard InChI is InChI=1S/C13H23N3O2S/c1-5-14-10-11-16(4)12-8-6-7-9-13(12)19(17,18)15(2)3/h6-9,14H,5,10-11H2,1-4H3. The molecule has 0 aliphatic heterocycles. The zero-order chi connectivity index (χ0) is 14.5. The molecule has 0 bridgehead atoms. The Balaban J connectivity index is 3.03. The maximum atomic E-state index is 12.3. The summed E-state index contributed by atoms with van der Waals surface area (Å²) in [6.07, 6.45) is 0. The Labute approximate surface area is 116 Å². The lowest BCUT2D eigenvalue weighted by Crippen LogP contribution is -2.31. The van der Waals surface area contributed by atoms with Gasteiger partial charge in [-0.15, -0.1) is 0 Å². The lowest BCUT2D eigenvalue weighted by molar-refractivity contribution is 0.520. The molecule has 0 unspecified atom stereocenters. The highest BCUT2D eigenvalue weighted by atomic mass is 32.2. The second-order valence-electron chi connectivity index (χ2n) is 4.53. The summed E-state index contributed by atoms with van der Waals surface area (Å²) in [6.45, 7) is 4.53. The highest BCUT2D eigenvalue weighted by molar-refractivity contribution is 7.89. The Kier molecular flexibility index (Phi) is 5.78. The van der Waals surface area contributed by atoms with Crippen LogP contribution in [0, 0.1) is 0 Å². The van der Waals surface area contributed by atoms with E-state index in [1.165, 1.54) is 4.31 Å². The number of likely N-dealkylation sites (N-methyl/N-ethyl adjacent to an activating group) is 2. The number of rotatable bonds is 7. The predicted octanol–water partition coefficient (Wildman–Crippen LogP) is 0.983. The molecular formula is C13H23N3O2S. The van der Waals surface area contributed by atoms with Crippen LogP contribution in [0.2, 0.25) is 0 Å². The van der Waals surface area contributed by atoms with Crippen LogP contribution in [0.4, 0.5) is 5.69 Å². The van der Waals surface area contributed by atoms with Gasteiger partial charge in [0.25, 0.3) is 0 Å². The predicted molar refractivity (Wildman–Crippen MR) is 79.1 cm³/mol. The molecule has 1 N–H and O–H groups in total. The Bertz CT molecular complexity index is 500. The first-order chi connectivity index (χ1) is 8.91. The molecule has 0 aliphatic carbocycles. The van der Waals surface area contributed by atoms with Crippen molar-refractivity contribution >= 4 is 15.7 Å². The summed E-state index contributed by atoms with van der Waals surface area (Å²) < 4.78 is 25.8. The van der Waals surface area contributed by atoms with Crippen LogP contribution >= 0.6 is 0 Å². The van der Waals surface area contributed by atoms with Crippen molar-refractivity contribution in [2.45, 2.75) is 11.8 Å². The molecule has 0 aliphatic rings. The molecule has 108 valence electrons. The molecule has 1 rings (SSSR count). The first kappa shape index (κ1) is 15.9. The van der Waals surface area contributed by atoms with Gasteiger partial charge in [-0.25, -0.2) is 12.7 Å². The van der Waals surface area contributed by atoms with Crippen molar-refractivity contribution < 1.29 is 8.42 Å². The topological polar surface area (TPSA) is 52.7 Å². The third-order valence-electron chi connectivity index (χ3n) is 2.91. The first-order valence-corrected chi connectivity index (χ1v) is 7.78. The molecule has 0 radical (unpaired) electrons. The molecule has 0 heterocycles. The van der Waals surface area contributed by atoms with E-state index in [2.05, 4.69) is 5.32 Å². The number of nitrogens with zero attached hydrogens (tertiary/aromatic N) is 2. The van der Waals surface area contributed by atoms with Crippen LogP contribution in [-0.4, -0.2) is 53.5 Å². The number of para-hydroxylation sites is 1. The van der Waals surface area contributed by atoms with Crippen LogP contribution < -0.4 is 10.2 Å². The van der Waals surface area contributed by atoms with Crippen LogP contribution in [0.15, 0.2) is 29.2 Å². The van der Waals surface area contributed by atoms with Gasteiger partial charge in [0.1, 0.15) is 4.90 Å². The van der Waals surface area contributed by atoms with Crippen LogP contribution in [0.5, 0.6) is 0 Å². The van der Waals surface area contributed by atoms with E-state index in [0.717, 1.165) is 25.3 Å². The van der Waals surface area contributed by atoms with E-state index >= 15 is 0 Å². The highest BCUT2D eigenvalue weighted by Gasteiger charge is 2.22. The highest BCUT2D eigenvalue weighted by Crippen LogP contribution is 2.25. The quantitative estimate of drug-likeness (QED) is 0.759. The van der Waals surface area contributed by atoms with Crippen molar-refractivity contribution in [3.8, 4) is 0 Å². The van der Waals surface area contributed by atoms with Gasteiger partial charge >= 0.3 is 0 Å². The fraction of sp³-hybridized carbons (Fsp3) is 0.538. The van der Waals surface area contributed by atoms with Gasteiger partial charge < -0.3 is 10.2 Å². The fourth-order valence-corrected chi connectivity index (χ4v) is 2.86. The van der Waals surface area contributed by atoms with Gasteiger partial charge in [0.05, 0.1) is 5.69 Å². The Morgan fingerprint density at radius 3 is 2.37 bits per heavy atom. The summed E-state index contributed by atoms with van der Waals surface area (Å²) in [4.78, 5) is 2.30. The molecule has 6 heteroatoms. The van der Waals surface area contributed by atoms with Crippen LogP contribution in [0.1, 0.15) is 6.92 Å². The summed E-state index contributed by atoms with van der Waals surface area (Å²) in [5.74, 6) is 0. The van der Waals surface area contributed by atoms with Gasteiger partial charge in [0.2, 0.25) is 10.0 Å². The molecule has 0 fully saturated rings. The Hall–Kier alpha value is -1.11. The van der Waals surface area contributed by atoms with Crippen LogP contribution in [0.3, 0.4) is 0 Å². The minimum absolute atomic E-state index is 0.346. The molecule has 1 aromatic rings. The van der Waals surface area contributed by atoms with E-state index in [4.69, 9.17) is 0 Å². The largest absolute Gasteiger partial charge is 0.372 e. The normalized spacial score (nSPS) is 11.8. The number of sulfonamides is 1. The summed E-state index contributed by atoms with van der Waals surface area (Å²) in [6, 6.07) is 7.09. The van der Waals surface area contributed by atoms with Crippen molar-refractivity contribution in [3.63, 3.8) is 0 Å². The molecule has 0 atom stereocenters. The van der Waals surface area contributed by atoms with Crippen LogP contribution in [0.25, 0.3) is 0 Å². The number of benzene rings is 1. The number of anilines is 1. The van der Waals surface area contributed by atoms with Crippen molar-refractivity contribution in [2.75, 3.05) is 45.7 Å². The average molecular weight is 285 g/mol. The summed E-state index contributed by atoms with van der Waals surface area (Å²) in [5, 5.41) is 3.23. The van der Waals surface area contributed by atoms with Gasteiger partial charge in [-0.3, -0.25) is 0 Å². The summed E-state index contributed by atoms with van der Waals surface area (Å²) in [7, 11) is 1.58. The van der Waals surface area contributed by atoms with E-state index in [1.54, 1.807) is 26.2 Å².